The number of nitrogen functional groups attached to an aromatic ring is 1. The van der Waals surface area contributed by atoms with E-state index in [1.54, 1.807) is 0 Å². The second-order valence-electron chi connectivity index (χ2n) is 4.64. The van der Waals surface area contributed by atoms with Crippen molar-refractivity contribution >= 4 is 38.9 Å². The number of nitrogens with one attached hydrogen (secondary N) is 1. The fraction of sp³-hybridized carbons (Fsp3) is 0.500. The maximum absolute atomic E-state index is 12.2. The van der Waals surface area contributed by atoms with E-state index in [0.717, 1.165) is 0 Å². The Bertz CT molecular complexity index is 601. The summed E-state index contributed by atoms with van der Waals surface area (Å²) >= 11 is 11.7. The van der Waals surface area contributed by atoms with Crippen molar-refractivity contribution in [3.05, 3.63) is 22.2 Å². The minimum atomic E-state index is -3.70. The average molecular weight is 339 g/mol. The molecule has 0 amide bonds. The highest BCUT2D eigenvalue weighted by molar-refractivity contribution is 7.89. The minimum absolute atomic E-state index is 0.0503. The van der Waals surface area contributed by atoms with Crippen LogP contribution in [0.4, 0.5) is 5.69 Å². The number of hydrogen-bond acceptors (Lipinski definition) is 4. The molecule has 20 heavy (non-hydrogen) atoms. The fourth-order valence-electron chi connectivity index (χ4n) is 2.07. The van der Waals surface area contributed by atoms with E-state index in [1.807, 2.05) is 6.92 Å². The van der Waals surface area contributed by atoms with Gasteiger partial charge in [0.2, 0.25) is 10.0 Å². The third-order valence-corrected chi connectivity index (χ3v) is 5.61. The quantitative estimate of drug-likeness (QED) is 0.808. The molecular weight excluding hydrogens is 323 g/mol. The molecule has 1 aliphatic rings. The number of halogens is 2. The zero-order valence-corrected chi connectivity index (χ0v) is 13.2. The molecule has 1 saturated carbocycles. The minimum Gasteiger partial charge on any atom is -0.396 e. The van der Waals surface area contributed by atoms with Crippen LogP contribution in [0.15, 0.2) is 17.0 Å². The van der Waals surface area contributed by atoms with E-state index in [2.05, 4.69) is 4.72 Å². The summed E-state index contributed by atoms with van der Waals surface area (Å²) in [6.07, 6.45) is 1.44. The van der Waals surface area contributed by atoms with Crippen molar-refractivity contribution in [2.75, 3.05) is 12.3 Å². The summed E-state index contributed by atoms with van der Waals surface area (Å²) in [6, 6.07) is 2.63. The Balaban J connectivity index is 2.11. The number of benzene rings is 1. The molecule has 0 unspecified atom stereocenters. The molecule has 0 aliphatic heterocycles. The number of hydrogen-bond donors (Lipinski definition) is 2. The number of anilines is 1. The van der Waals surface area contributed by atoms with Crippen LogP contribution in [0.2, 0.25) is 10.0 Å². The second-order valence-corrected chi connectivity index (χ2v) is 7.11. The van der Waals surface area contributed by atoms with Gasteiger partial charge < -0.3 is 10.5 Å². The first kappa shape index (κ1) is 15.9. The van der Waals surface area contributed by atoms with Crippen LogP contribution in [0, 0.1) is 0 Å². The lowest BCUT2D eigenvalue weighted by Gasteiger charge is -2.35. The highest BCUT2D eigenvalue weighted by Gasteiger charge is 2.34. The molecule has 112 valence electrons. The Hall–Kier alpha value is -0.530. The van der Waals surface area contributed by atoms with Crippen LogP contribution in [-0.4, -0.2) is 27.2 Å². The summed E-state index contributed by atoms with van der Waals surface area (Å²) in [4.78, 5) is -0.0547. The van der Waals surface area contributed by atoms with E-state index >= 15 is 0 Å². The van der Waals surface area contributed by atoms with Gasteiger partial charge in [-0.1, -0.05) is 23.2 Å². The lowest BCUT2D eigenvalue weighted by Crippen LogP contribution is -2.47. The third kappa shape index (κ3) is 3.20. The Labute approximate surface area is 128 Å². The van der Waals surface area contributed by atoms with Gasteiger partial charge in [0.05, 0.1) is 21.8 Å². The molecular formula is C12H16Cl2N2O3S. The van der Waals surface area contributed by atoms with Crippen LogP contribution in [0.5, 0.6) is 0 Å². The van der Waals surface area contributed by atoms with Crippen molar-refractivity contribution in [1.29, 1.82) is 0 Å². The molecule has 0 atom stereocenters. The molecule has 0 radical (unpaired) electrons. The first-order valence-corrected chi connectivity index (χ1v) is 8.46. The molecule has 5 nitrogen and oxygen atoms in total. The highest BCUT2D eigenvalue weighted by atomic mass is 35.5. The summed E-state index contributed by atoms with van der Waals surface area (Å²) in [7, 11) is -3.70. The van der Waals surface area contributed by atoms with E-state index < -0.39 is 10.0 Å². The molecule has 3 N–H and O–H groups in total. The Morgan fingerprint density at radius 1 is 1.40 bits per heavy atom. The van der Waals surface area contributed by atoms with Gasteiger partial charge in [-0.15, -0.1) is 0 Å². The summed E-state index contributed by atoms with van der Waals surface area (Å²) in [6.45, 7) is 2.54. The van der Waals surface area contributed by atoms with Crippen molar-refractivity contribution < 1.29 is 13.2 Å². The van der Waals surface area contributed by atoms with Gasteiger partial charge in [0.15, 0.2) is 0 Å². The largest absolute Gasteiger partial charge is 0.396 e. The molecule has 0 saturated heterocycles. The maximum Gasteiger partial charge on any atom is 0.242 e. The van der Waals surface area contributed by atoms with E-state index in [4.69, 9.17) is 33.7 Å². The first-order chi connectivity index (χ1) is 9.35. The number of sulfonamides is 1. The van der Waals surface area contributed by atoms with Crippen LogP contribution in [-0.2, 0) is 14.8 Å². The Morgan fingerprint density at radius 2 is 2.05 bits per heavy atom. The van der Waals surface area contributed by atoms with Crippen molar-refractivity contribution in [3.63, 3.8) is 0 Å². The lowest BCUT2D eigenvalue weighted by molar-refractivity contribution is -0.00475. The van der Waals surface area contributed by atoms with Crippen LogP contribution >= 0.6 is 23.2 Å². The van der Waals surface area contributed by atoms with Crippen LogP contribution in [0.25, 0.3) is 0 Å². The van der Waals surface area contributed by atoms with E-state index in [1.165, 1.54) is 12.1 Å². The average Bonchev–Trinajstić information content (AvgIpc) is 2.33. The maximum atomic E-state index is 12.2. The molecule has 2 rings (SSSR count). The monoisotopic (exact) mass is 338 g/mol. The van der Waals surface area contributed by atoms with Crippen molar-refractivity contribution in [2.24, 2.45) is 0 Å². The van der Waals surface area contributed by atoms with Crippen LogP contribution in [0.1, 0.15) is 19.8 Å². The van der Waals surface area contributed by atoms with E-state index in [0.29, 0.717) is 19.4 Å². The first-order valence-electron chi connectivity index (χ1n) is 6.22. The molecule has 1 aliphatic carbocycles. The zero-order chi connectivity index (χ0) is 14.9. The molecule has 0 bridgehead atoms. The van der Waals surface area contributed by atoms with Gasteiger partial charge in [-0.3, -0.25) is 0 Å². The standard InChI is InChI=1S/C12H16Cl2N2O3S/c1-2-19-8-5-7(6-8)16-20(17,18)10-4-3-9(13)12(15)11(10)14/h3-4,7-8,16H,2,5-6,15H2,1H3. The summed E-state index contributed by atoms with van der Waals surface area (Å²) in [5, 5.41) is 0.180. The predicted molar refractivity (Wildman–Crippen MR) is 79.6 cm³/mol. The number of nitrogens with two attached hydrogens (primary N) is 1. The SMILES string of the molecule is CCOC1CC(NS(=O)(=O)c2ccc(Cl)c(N)c2Cl)C1. The van der Waals surface area contributed by atoms with Gasteiger partial charge in [0.25, 0.3) is 0 Å². The smallest absolute Gasteiger partial charge is 0.242 e. The van der Waals surface area contributed by atoms with Gasteiger partial charge in [0, 0.05) is 12.6 Å². The summed E-state index contributed by atoms with van der Waals surface area (Å²) in [5.41, 5.74) is 5.71. The molecule has 0 heterocycles. The van der Waals surface area contributed by atoms with E-state index in [-0.39, 0.29) is 32.8 Å². The third-order valence-electron chi connectivity index (χ3n) is 3.20. The predicted octanol–water partition coefficient (Wildman–Crippen LogP) is 2.42. The van der Waals surface area contributed by atoms with Gasteiger partial charge in [-0.2, -0.15) is 0 Å². The molecule has 1 fully saturated rings. The highest BCUT2D eigenvalue weighted by Crippen LogP contribution is 2.34. The van der Waals surface area contributed by atoms with Gasteiger partial charge in [-0.05, 0) is 31.9 Å². The Kier molecular flexibility index (Phi) is 4.81. The van der Waals surface area contributed by atoms with Crippen molar-refractivity contribution in [2.45, 2.75) is 36.8 Å². The zero-order valence-electron chi connectivity index (χ0n) is 10.9. The number of rotatable bonds is 5. The fourth-order valence-corrected chi connectivity index (χ4v) is 4.10. The summed E-state index contributed by atoms with van der Waals surface area (Å²) < 4.78 is 32.5. The van der Waals surface area contributed by atoms with Crippen molar-refractivity contribution in [1.82, 2.24) is 4.72 Å². The molecule has 1 aromatic rings. The molecule has 1 aromatic carbocycles. The second kappa shape index (κ2) is 6.07. The lowest BCUT2D eigenvalue weighted by atomic mass is 9.90. The topological polar surface area (TPSA) is 81.4 Å². The number of ether oxygens (including phenoxy) is 1. The van der Waals surface area contributed by atoms with Gasteiger partial charge >= 0.3 is 0 Å². The molecule has 0 spiro atoms. The Morgan fingerprint density at radius 3 is 2.65 bits per heavy atom. The molecule has 0 aromatic heterocycles. The van der Waals surface area contributed by atoms with Crippen LogP contribution < -0.4 is 10.5 Å². The summed E-state index contributed by atoms with van der Waals surface area (Å²) in [5.74, 6) is 0. The van der Waals surface area contributed by atoms with Crippen LogP contribution in [0.3, 0.4) is 0 Å². The van der Waals surface area contributed by atoms with Gasteiger partial charge in [0.1, 0.15) is 4.90 Å². The van der Waals surface area contributed by atoms with Gasteiger partial charge in [-0.25, -0.2) is 13.1 Å². The normalized spacial score (nSPS) is 22.6. The van der Waals surface area contributed by atoms with E-state index in [9.17, 15) is 8.42 Å². The van der Waals surface area contributed by atoms with Crippen molar-refractivity contribution in [3.8, 4) is 0 Å². The molecule has 8 heteroatoms.